The molecule has 0 atom stereocenters. The third-order valence-electron chi connectivity index (χ3n) is 6.54. The van der Waals surface area contributed by atoms with Crippen LogP contribution in [0.5, 0.6) is 0 Å². The zero-order valence-corrected chi connectivity index (χ0v) is 22.1. The number of hydrogen-bond donors (Lipinski definition) is 1. The van der Waals surface area contributed by atoms with Crippen LogP contribution in [0.3, 0.4) is 0 Å². The summed E-state index contributed by atoms with van der Waals surface area (Å²) in [6.45, 7) is 8.55. The predicted octanol–water partition coefficient (Wildman–Crippen LogP) is 3.23. The average Bonchev–Trinajstić information content (AvgIpc) is 3.26. The van der Waals surface area contributed by atoms with Gasteiger partial charge in [0.2, 0.25) is 15.9 Å². The summed E-state index contributed by atoms with van der Waals surface area (Å²) >= 11 is 3.44. The van der Waals surface area contributed by atoms with Crippen LogP contribution < -0.4 is 9.62 Å². The number of piperazine rings is 1. The van der Waals surface area contributed by atoms with E-state index in [4.69, 9.17) is 0 Å². The van der Waals surface area contributed by atoms with Gasteiger partial charge in [0.05, 0.1) is 5.69 Å². The Labute approximate surface area is 211 Å². The number of nitrogens with one attached hydrogen (secondary N) is 1. The van der Waals surface area contributed by atoms with Crippen LogP contribution in [0.4, 0.5) is 5.69 Å². The zero-order valence-electron chi connectivity index (χ0n) is 19.7. The van der Waals surface area contributed by atoms with E-state index in [9.17, 15) is 13.2 Å². The lowest BCUT2D eigenvalue weighted by atomic mass is 10.2. The molecule has 9 heteroatoms. The maximum atomic E-state index is 13.2. The Kier molecular flexibility index (Phi) is 8.42. The van der Waals surface area contributed by atoms with E-state index in [0.29, 0.717) is 36.1 Å². The largest absolute Gasteiger partial charge is 0.310 e. The Bertz CT molecular complexity index is 1100. The van der Waals surface area contributed by atoms with Gasteiger partial charge in [0, 0.05) is 56.7 Å². The fraction of sp³-hybridized carbons (Fsp3) is 0.480. The third-order valence-corrected chi connectivity index (χ3v) is 8.48. The molecule has 4 rings (SSSR count). The molecule has 1 fully saturated rings. The van der Waals surface area contributed by atoms with Gasteiger partial charge in [-0.05, 0) is 42.6 Å². The quantitative estimate of drug-likeness (QED) is 0.487. The van der Waals surface area contributed by atoms with Crippen LogP contribution in [-0.2, 0) is 27.8 Å². The second kappa shape index (κ2) is 11.3. The molecule has 0 radical (unpaired) electrons. The predicted molar refractivity (Wildman–Crippen MR) is 138 cm³/mol. The van der Waals surface area contributed by atoms with Crippen molar-refractivity contribution < 1.29 is 13.2 Å². The molecule has 34 heavy (non-hydrogen) atoms. The van der Waals surface area contributed by atoms with Crippen molar-refractivity contribution >= 4 is 37.5 Å². The summed E-state index contributed by atoms with van der Waals surface area (Å²) in [4.78, 5) is 19.1. The van der Waals surface area contributed by atoms with Crippen LogP contribution in [0, 0.1) is 0 Å². The number of carbonyl (C=O) groups is 1. The summed E-state index contributed by atoms with van der Waals surface area (Å²) in [5, 5.41) is 0. The third kappa shape index (κ3) is 6.07. The number of halogens is 1. The fourth-order valence-electron chi connectivity index (χ4n) is 4.71. The van der Waals surface area contributed by atoms with E-state index >= 15 is 0 Å². The number of amides is 1. The highest BCUT2D eigenvalue weighted by Gasteiger charge is 2.32. The van der Waals surface area contributed by atoms with Gasteiger partial charge in [-0.2, -0.15) is 0 Å². The standard InChI is InChI=1S/C25H33BrN4O3S/c1-2-24(31)30-12-9-21-17-22(26)18-23(25(21)30)34(32,33)27-10-6-11-28-13-15-29(16-14-28)19-20-7-4-3-5-8-20/h3-5,7-8,17-18,27H,2,6,9-16,19H2,1H3. The number of rotatable bonds is 9. The van der Waals surface area contributed by atoms with Gasteiger partial charge in [0.25, 0.3) is 0 Å². The number of fused-ring (bicyclic) bond motifs is 1. The molecule has 1 saturated heterocycles. The van der Waals surface area contributed by atoms with Crippen LogP contribution in [0.15, 0.2) is 51.8 Å². The molecule has 0 aliphatic carbocycles. The Morgan fingerprint density at radius 2 is 1.74 bits per heavy atom. The summed E-state index contributed by atoms with van der Waals surface area (Å²) < 4.78 is 29.8. The lowest BCUT2D eigenvalue weighted by Gasteiger charge is -2.34. The molecule has 0 bridgehead atoms. The van der Waals surface area contributed by atoms with Gasteiger partial charge in [0.1, 0.15) is 4.90 Å². The minimum Gasteiger partial charge on any atom is -0.310 e. The molecule has 0 spiro atoms. The van der Waals surface area contributed by atoms with E-state index < -0.39 is 10.0 Å². The molecule has 1 amide bonds. The zero-order chi connectivity index (χ0) is 24.1. The van der Waals surface area contributed by atoms with Crippen molar-refractivity contribution in [1.82, 2.24) is 14.5 Å². The van der Waals surface area contributed by atoms with Crippen molar-refractivity contribution in [2.75, 3.05) is 50.7 Å². The van der Waals surface area contributed by atoms with Gasteiger partial charge in [0.15, 0.2) is 0 Å². The van der Waals surface area contributed by atoms with Crippen LogP contribution in [0.1, 0.15) is 30.9 Å². The van der Waals surface area contributed by atoms with Crippen molar-refractivity contribution in [2.45, 2.75) is 37.6 Å². The number of benzene rings is 2. The minimum atomic E-state index is -3.73. The van der Waals surface area contributed by atoms with Crippen LogP contribution in [0.2, 0.25) is 0 Å². The van der Waals surface area contributed by atoms with E-state index in [0.717, 1.165) is 51.3 Å². The van der Waals surface area contributed by atoms with Crippen molar-refractivity contribution in [3.63, 3.8) is 0 Å². The number of anilines is 1. The SMILES string of the molecule is CCC(=O)N1CCc2cc(Br)cc(S(=O)(=O)NCCCN3CCN(Cc4ccccc4)CC3)c21. The topological polar surface area (TPSA) is 73.0 Å². The van der Waals surface area contributed by atoms with Crippen molar-refractivity contribution in [3.8, 4) is 0 Å². The molecule has 2 aromatic carbocycles. The van der Waals surface area contributed by atoms with Gasteiger partial charge in [-0.1, -0.05) is 53.2 Å². The molecule has 2 heterocycles. The first-order valence-corrected chi connectivity index (χ1v) is 14.3. The summed E-state index contributed by atoms with van der Waals surface area (Å²) in [5.41, 5.74) is 2.77. The van der Waals surface area contributed by atoms with Gasteiger partial charge in [-0.15, -0.1) is 0 Å². The maximum absolute atomic E-state index is 13.2. The van der Waals surface area contributed by atoms with E-state index in [-0.39, 0.29) is 10.8 Å². The molecule has 2 aliphatic rings. The fourth-order valence-corrected chi connectivity index (χ4v) is 6.72. The molecule has 0 aromatic heterocycles. The number of hydrogen-bond acceptors (Lipinski definition) is 5. The summed E-state index contributed by atoms with van der Waals surface area (Å²) in [6.07, 6.45) is 1.76. The summed E-state index contributed by atoms with van der Waals surface area (Å²) in [7, 11) is -3.73. The monoisotopic (exact) mass is 548 g/mol. The second-order valence-corrected chi connectivity index (χ2v) is 11.6. The summed E-state index contributed by atoms with van der Waals surface area (Å²) in [5.74, 6) is -0.0519. The van der Waals surface area contributed by atoms with Crippen molar-refractivity contribution in [2.24, 2.45) is 0 Å². The number of sulfonamides is 1. The molecule has 2 aliphatic heterocycles. The molecule has 184 valence electrons. The first-order valence-electron chi connectivity index (χ1n) is 12.0. The van der Waals surface area contributed by atoms with Crippen molar-refractivity contribution in [3.05, 3.63) is 58.1 Å². The highest BCUT2D eigenvalue weighted by Crippen LogP contribution is 2.37. The Balaban J connectivity index is 1.28. The normalized spacial score (nSPS) is 17.2. The molecule has 7 nitrogen and oxygen atoms in total. The van der Waals surface area contributed by atoms with E-state index in [2.05, 4.69) is 54.7 Å². The highest BCUT2D eigenvalue weighted by atomic mass is 79.9. The molecular weight excluding hydrogens is 516 g/mol. The Morgan fingerprint density at radius 1 is 1.03 bits per heavy atom. The van der Waals surface area contributed by atoms with Crippen LogP contribution >= 0.6 is 15.9 Å². The summed E-state index contributed by atoms with van der Waals surface area (Å²) in [6, 6.07) is 14.0. The van der Waals surface area contributed by atoms with Gasteiger partial charge in [-0.25, -0.2) is 13.1 Å². The first kappa shape index (κ1) is 25.3. The smallest absolute Gasteiger partial charge is 0.242 e. The first-order chi connectivity index (χ1) is 16.4. The van der Waals surface area contributed by atoms with Crippen molar-refractivity contribution in [1.29, 1.82) is 0 Å². The Hall–Kier alpha value is -1.78. The van der Waals surface area contributed by atoms with E-state index in [1.165, 1.54) is 5.56 Å². The second-order valence-electron chi connectivity index (χ2n) is 8.92. The number of carbonyl (C=O) groups excluding carboxylic acids is 1. The molecular formula is C25H33BrN4O3S. The average molecular weight is 550 g/mol. The minimum absolute atomic E-state index is 0.0519. The van der Waals surface area contributed by atoms with E-state index in [1.807, 2.05) is 12.1 Å². The molecule has 1 N–H and O–H groups in total. The van der Waals surface area contributed by atoms with Gasteiger partial charge in [-0.3, -0.25) is 9.69 Å². The molecule has 0 saturated carbocycles. The molecule has 0 unspecified atom stereocenters. The lowest BCUT2D eigenvalue weighted by Crippen LogP contribution is -2.46. The van der Waals surface area contributed by atoms with Gasteiger partial charge >= 0.3 is 0 Å². The Morgan fingerprint density at radius 3 is 2.44 bits per heavy atom. The maximum Gasteiger partial charge on any atom is 0.242 e. The van der Waals surface area contributed by atoms with Crippen LogP contribution in [0.25, 0.3) is 0 Å². The van der Waals surface area contributed by atoms with E-state index in [1.54, 1.807) is 17.9 Å². The van der Waals surface area contributed by atoms with Gasteiger partial charge < -0.3 is 9.80 Å². The molecule has 2 aromatic rings. The lowest BCUT2D eigenvalue weighted by molar-refractivity contribution is -0.118. The number of nitrogens with zero attached hydrogens (tertiary/aromatic N) is 3. The highest BCUT2D eigenvalue weighted by molar-refractivity contribution is 9.10. The van der Waals surface area contributed by atoms with Crippen LogP contribution in [-0.4, -0.2) is 69.9 Å².